The molecule has 0 aliphatic heterocycles. The van der Waals surface area contributed by atoms with Crippen molar-refractivity contribution in [2.45, 2.75) is 25.4 Å². The number of methoxy groups -OCH3 is 1. The summed E-state index contributed by atoms with van der Waals surface area (Å²) in [5.74, 6) is -1.08. The van der Waals surface area contributed by atoms with Crippen LogP contribution in [0.25, 0.3) is 0 Å². The number of nitrogens with zero attached hydrogens (tertiary/aromatic N) is 2. The normalized spacial score (nSPS) is 11.8. The molecule has 0 radical (unpaired) electrons. The van der Waals surface area contributed by atoms with Crippen LogP contribution in [0.15, 0.2) is 18.5 Å². The van der Waals surface area contributed by atoms with Crippen molar-refractivity contribution in [3.8, 4) is 0 Å². The Hall–Kier alpha value is -2.09. The minimum absolute atomic E-state index is 0.229. The number of carbonyl (C=O) groups excluding carboxylic acids is 1. The van der Waals surface area contributed by atoms with Gasteiger partial charge in [-0.25, -0.2) is 9.59 Å². The first-order valence-corrected chi connectivity index (χ1v) is 6.37. The fourth-order valence-electron chi connectivity index (χ4n) is 1.58. The highest BCUT2D eigenvalue weighted by Crippen LogP contribution is 1.93. The van der Waals surface area contributed by atoms with E-state index in [-0.39, 0.29) is 13.0 Å². The van der Waals surface area contributed by atoms with Crippen LogP contribution in [0.5, 0.6) is 0 Å². The molecule has 3 N–H and O–H groups in total. The zero-order chi connectivity index (χ0) is 14.8. The fourth-order valence-corrected chi connectivity index (χ4v) is 1.58. The van der Waals surface area contributed by atoms with Gasteiger partial charge in [-0.2, -0.15) is 5.10 Å². The summed E-state index contributed by atoms with van der Waals surface area (Å²) in [5.41, 5.74) is 0. The van der Waals surface area contributed by atoms with Gasteiger partial charge < -0.3 is 20.5 Å². The summed E-state index contributed by atoms with van der Waals surface area (Å²) >= 11 is 0. The van der Waals surface area contributed by atoms with Gasteiger partial charge in [0.2, 0.25) is 0 Å². The monoisotopic (exact) mass is 284 g/mol. The van der Waals surface area contributed by atoms with Crippen molar-refractivity contribution in [3.05, 3.63) is 18.5 Å². The van der Waals surface area contributed by atoms with E-state index in [2.05, 4.69) is 15.7 Å². The largest absolute Gasteiger partial charge is 0.480 e. The van der Waals surface area contributed by atoms with Crippen molar-refractivity contribution in [2.75, 3.05) is 20.3 Å². The first-order chi connectivity index (χ1) is 9.63. The molecule has 1 aromatic rings. The van der Waals surface area contributed by atoms with E-state index < -0.39 is 18.0 Å². The molecule has 2 amide bonds. The molecule has 0 spiro atoms. The van der Waals surface area contributed by atoms with Gasteiger partial charge in [0.25, 0.3) is 0 Å². The number of nitrogens with one attached hydrogen (secondary N) is 2. The zero-order valence-electron chi connectivity index (χ0n) is 11.4. The molecular weight excluding hydrogens is 264 g/mol. The Labute approximate surface area is 117 Å². The Morgan fingerprint density at radius 3 is 2.90 bits per heavy atom. The maximum Gasteiger partial charge on any atom is 0.326 e. The summed E-state index contributed by atoms with van der Waals surface area (Å²) in [6.07, 6.45) is 4.47. The van der Waals surface area contributed by atoms with Crippen LogP contribution in [0.1, 0.15) is 12.8 Å². The molecule has 1 heterocycles. The van der Waals surface area contributed by atoms with E-state index in [0.29, 0.717) is 19.5 Å². The quantitative estimate of drug-likeness (QED) is 0.556. The second-order valence-electron chi connectivity index (χ2n) is 4.20. The topological polar surface area (TPSA) is 105 Å². The molecular formula is C12H20N4O4. The van der Waals surface area contributed by atoms with Gasteiger partial charge in [0.1, 0.15) is 6.04 Å². The van der Waals surface area contributed by atoms with Gasteiger partial charge in [-0.05, 0) is 12.5 Å². The second-order valence-corrected chi connectivity index (χ2v) is 4.20. The maximum atomic E-state index is 11.5. The molecule has 20 heavy (non-hydrogen) atoms. The van der Waals surface area contributed by atoms with E-state index in [1.54, 1.807) is 10.9 Å². The highest BCUT2D eigenvalue weighted by molar-refractivity contribution is 5.82. The number of carboxylic acids is 1. The number of aromatic nitrogens is 2. The smallest absolute Gasteiger partial charge is 0.326 e. The van der Waals surface area contributed by atoms with Crippen molar-refractivity contribution < 1.29 is 19.4 Å². The van der Waals surface area contributed by atoms with E-state index in [0.717, 1.165) is 0 Å². The van der Waals surface area contributed by atoms with Gasteiger partial charge in [-0.3, -0.25) is 4.68 Å². The molecule has 1 unspecified atom stereocenters. The number of carboxylic acid groups (broad SMARTS) is 1. The van der Waals surface area contributed by atoms with Crippen LogP contribution in [-0.4, -0.2) is 53.2 Å². The summed E-state index contributed by atoms with van der Waals surface area (Å²) in [4.78, 5) is 22.5. The molecule has 1 aromatic heterocycles. The third-order valence-corrected chi connectivity index (χ3v) is 2.62. The molecule has 112 valence electrons. The summed E-state index contributed by atoms with van der Waals surface area (Å²) in [6.45, 7) is 1.41. The third kappa shape index (κ3) is 6.19. The number of aryl methyl sites for hydroxylation is 1. The van der Waals surface area contributed by atoms with Crippen LogP contribution in [-0.2, 0) is 16.1 Å². The fraction of sp³-hybridized carbons (Fsp3) is 0.583. The van der Waals surface area contributed by atoms with Crippen LogP contribution in [0.4, 0.5) is 4.79 Å². The van der Waals surface area contributed by atoms with Crippen LogP contribution in [0.2, 0.25) is 0 Å². The van der Waals surface area contributed by atoms with Gasteiger partial charge in [-0.1, -0.05) is 0 Å². The van der Waals surface area contributed by atoms with Crippen molar-refractivity contribution in [3.63, 3.8) is 0 Å². The van der Waals surface area contributed by atoms with E-state index in [9.17, 15) is 9.59 Å². The molecule has 8 nitrogen and oxygen atoms in total. The summed E-state index contributed by atoms with van der Waals surface area (Å²) < 4.78 is 6.56. The number of hydrogen-bond donors (Lipinski definition) is 3. The number of aliphatic carboxylic acids is 1. The average molecular weight is 284 g/mol. The maximum absolute atomic E-state index is 11.5. The van der Waals surface area contributed by atoms with Gasteiger partial charge >= 0.3 is 12.0 Å². The molecule has 1 rings (SSSR count). The van der Waals surface area contributed by atoms with Crippen molar-refractivity contribution in [1.29, 1.82) is 0 Å². The van der Waals surface area contributed by atoms with Crippen LogP contribution < -0.4 is 10.6 Å². The predicted octanol–water partition coefficient (Wildman–Crippen LogP) is 0.0621. The standard InChI is InChI=1S/C12H20N4O4/c1-20-9-4-10(11(17)18)15-12(19)13-5-2-7-16-8-3-6-14-16/h3,6,8,10H,2,4-5,7,9H2,1H3,(H,17,18)(H2,13,15,19). The number of urea groups is 1. The van der Waals surface area contributed by atoms with Crippen molar-refractivity contribution >= 4 is 12.0 Å². The van der Waals surface area contributed by atoms with Crippen LogP contribution in [0.3, 0.4) is 0 Å². The summed E-state index contributed by atoms with van der Waals surface area (Å²) in [5, 5.41) is 18.0. The predicted molar refractivity (Wildman–Crippen MR) is 71.3 cm³/mol. The number of rotatable bonds is 9. The molecule has 0 aliphatic carbocycles. The lowest BCUT2D eigenvalue weighted by atomic mass is 10.2. The van der Waals surface area contributed by atoms with Crippen LogP contribution >= 0.6 is 0 Å². The highest BCUT2D eigenvalue weighted by atomic mass is 16.5. The number of ether oxygens (including phenoxy) is 1. The zero-order valence-corrected chi connectivity index (χ0v) is 11.4. The molecule has 0 saturated heterocycles. The lowest BCUT2D eigenvalue weighted by molar-refractivity contribution is -0.139. The molecule has 8 heteroatoms. The lowest BCUT2D eigenvalue weighted by Crippen LogP contribution is -2.46. The third-order valence-electron chi connectivity index (χ3n) is 2.62. The van der Waals surface area contributed by atoms with Gasteiger partial charge in [0.15, 0.2) is 0 Å². The first kappa shape index (κ1) is 16.0. The van der Waals surface area contributed by atoms with E-state index in [1.807, 2.05) is 12.3 Å². The van der Waals surface area contributed by atoms with E-state index >= 15 is 0 Å². The van der Waals surface area contributed by atoms with Crippen LogP contribution in [0, 0.1) is 0 Å². The molecule has 0 saturated carbocycles. The first-order valence-electron chi connectivity index (χ1n) is 6.37. The molecule has 0 aliphatic rings. The summed E-state index contributed by atoms with van der Waals surface area (Å²) in [7, 11) is 1.48. The van der Waals surface area contributed by atoms with E-state index in [1.165, 1.54) is 7.11 Å². The Bertz CT molecular complexity index is 408. The average Bonchev–Trinajstić information content (AvgIpc) is 2.92. The second kappa shape index (κ2) is 8.92. The number of amides is 2. The summed E-state index contributed by atoms with van der Waals surface area (Å²) in [6, 6.07) is 0.392. The van der Waals surface area contributed by atoms with Gasteiger partial charge in [0.05, 0.1) is 0 Å². The van der Waals surface area contributed by atoms with Gasteiger partial charge in [-0.15, -0.1) is 0 Å². The molecule has 0 bridgehead atoms. The minimum Gasteiger partial charge on any atom is -0.480 e. The number of carbonyl (C=O) groups is 2. The molecule has 1 atom stereocenters. The Morgan fingerprint density at radius 2 is 2.30 bits per heavy atom. The Morgan fingerprint density at radius 1 is 1.50 bits per heavy atom. The Kier molecular flexibility index (Phi) is 7.12. The van der Waals surface area contributed by atoms with Crippen molar-refractivity contribution in [2.24, 2.45) is 0 Å². The lowest BCUT2D eigenvalue weighted by Gasteiger charge is -2.14. The Balaban J connectivity index is 2.18. The highest BCUT2D eigenvalue weighted by Gasteiger charge is 2.18. The van der Waals surface area contributed by atoms with Gasteiger partial charge in [0, 0.05) is 45.6 Å². The molecule has 0 fully saturated rings. The number of hydrogen-bond acceptors (Lipinski definition) is 4. The van der Waals surface area contributed by atoms with E-state index in [4.69, 9.17) is 9.84 Å². The molecule has 0 aromatic carbocycles. The van der Waals surface area contributed by atoms with Crippen molar-refractivity contribution in [1.82, 2.24) is 20.4 Å². The minimum atomic E-state index is -1.08. The SMILES string of the molecule is COCCC(NC(=O)NCCCn1cccn1)C(=O)O.